The molecule has 6 nitrogen and oxygen atoms in total. The van der Waals surface area contributed by atoms with Crippen LogP contribution in [0.25, 0.3) is 0 Å². The van der Waals surface area contributed by atoms with E-state index in [2.05, 4.69) is 27.8 Å². The van der Waals surface area contributed by atoms with Gasteiger partial charge in [-0.15, -0.1) is 0 Å². The Morgan fingerprint density at radius 3 is 1.76 bits per heavy atom. The lowest BCUT2D eigenvalue weighted by atomic mass is 10.1. The summed E-state index contributed by atoms with van der Waals surface area (Å²) in [5, 5.41) is 8.85. The first-order valence-corrected chi connectivity index (χ1v) is 12.0. The molecule has 0 bridgehead atoms. The Balaban J connectivity index is 3.71. The number of hydrogen-bond donors (Lipinski definition) is 3. The molecule has 2 amide bonds. The van der Waals surface area contributed by atoms with Gasteiger partial charge >= 0.3 is 0 Å². The summed E-state index contributed by atoms with van der Waals surface area (Å²) in [6.45, 7) is 6.31. The van der Waals surface area contributed by atoms with Crippen molar-refractivity contribution in [3.63, 3.8) is 0 Å². The number of nitrogens with zero attached hydrogens (tertiary/aromatic N) is 1. The minimum atomic E-state index is 0.0500. The van der Waals surface area contributed by atoms with Gasteiger partial charge < -0.3 is 20.9 Å². The first-order chi connectivity index (χ1) is 14.1. The van der Waals surface area contributed by atoms with Crippen LogP contribution < -0.4 is 16.0 Å². The molecule has 0 aliphatic rings. The summed E-state index contributed by atoms with van der Waals surface area (Å²) < 4.78 is 0. The topological polar surface area (TPSA) is 73.5 Å². The summed E-state index contributed by atoms with van der Waals surface area (Å²) >= 11 is 0. The third-order valence-electron chi connectivity index (χ3n) is 5.34. The van der Waals surface area contributed by atoms with Crippen LogP contribution in [-0.4, -0.2) is 63.5 Å². The number of amides is 2. The maximum atomic E-state index is 12.1. The van der Waals surface area contributed by atoms with Gasteiger partial charge in [-0.05, 0) is 33.0 Å². The SMILES string of the molecule is CCCCCCCCCCCCNC(=O)CCN(CCCNC)CCC(=O)NC. The molecule has 0 radical (unpaired) electrons. The molecule has 0 aliphatic carbocycles. The van der Waals surface area contributed by atoms with Gasteiger partial charge in [-0.1, -0.05) is 64.7 Å². The zero-order valence-corrected chi connectivity index (χ0v) is 19.5. The highest BCUT2D eigenvalue weighted by molar-refractivity contribution is 5.76. The van der Waals surface area contributed by atoms with Crippen molar-refractivity contribution in [2.45, 2.75) is 90.4 Å². The summed E-state index contributed by atoms with van der Waals surface area (Å²) in [6, 6.07) is 0. The Morgan fingerprint density at radius 1 is 0.655 bits per heavy atom. The Kier molecular flexibility index (Phi) is 20.7. The van der Waals surface area contributed by atoms with Gasteiger partial charge in [-0.25, -0.2) is 0 Å². The van der Waals surface area contributed by atoms with Gasteiger partial charge in [0.25, 0.3) is 0 Å². The highest BCUT2D eigenvalue weighted by atomic mass is 16.2. The highest BCUT2D eigenvalue weighted by Gasteiger charge is 2.10. The van der Waals surface area contributed by atoms with Gasteiger partial charge in [-0.2, -0.15) is 0 Å². The van der Waals surface area contributed by atoms with Crippen molar-refractivity contribution in [2.75, 3.05) is 46.8 Å². The highest BCUT2D eigenvalue weighted by Crippen LogP contribution is 2.10. The van der Waals surface area contributed by atoms with Gasteiger partial charge in [0.15, 0.2) is 0 Å². The normalized spacial score (nSPS) is 11.0. The molecule has 0 aliphatic heterocycles. The zero-order valence-electron chi connectivity index (χ0n) is 19.5. The van der Waals surface area contributed by atoms with Crippen molar-refractivity contribution < 1.29 is 9.59 Å². The molecule has 3 N–H and O–H groups in total. The summed E-state index contributed by atoms with van der Waals surface area (Å²) in [7, 11) is 3.60. The predicted octanol–water partition coefficient (Wildman–Crippen LogP) is 3.46. The van der Waals surface area contributed by atoms with E-state index in [1.807, 2.05) is 7.05 Å². The summed E-state index contributed by atoms with van der Waals surface area (Å²) in [5.41, 5.74) is 0. The number of carbonyl (C=O) groups excluding carboxylic acids is 2. The van der Waals surface area contributed by atoms with Crippen LogP contribution in [0.1, 0.15) is 90.4 Å². The molecule has 6 heteroatoms. The molecule has 0 atom stereocenters. The van der Waals surface area contributed by atoms with Crippen molar-refractivity contribution in [2.24, 2.45) is 0 Å². The average Bonchev–Trinajstić information content (AvgIpc) is 2.73. The lowest BCUT2D eigenvalue weighted by Gasteiger charge is -2.21. The maximum Gasteiger partial charge on any atom is 0.221 e. The molecule has 29 heavy (non-hydrogen) atoms. The lowest BCUT2D eigenvalue weighted by Crippen LogP contribution is -2.35. The zero-order chi connectivity index (χ0) is 21.6. The van der Waals surface area contributed by atoms with Crippen LogP contribution in [-0.2, 0) is 9.59 Å². The van der Waals surface area contributed by atoms with Crippen molar-refractivity contribution >= 4 is 11.8 Å². The lowest BCUT2D eigenvalue weighted by molar-refractivity contribution is -0.121. The van der Waals surface area contributed by atoms with Gasteiger partial charge in [0.1, 0.15) is 0 Å². The molecule has 0 aromatic rings. The third kappa shape index (κ3) is 19.9. The Hall–Kier alpha value is -1.14. The molecule has 0 aromatic heterocycles. The van der Waals surface area contributed by atoms with E-state index >= 15 is 0 Å². The smallest absolute Gasteiger partial charge is 0.221 e. The van der Waals surface area contributed by atoms with Crippen LogP contribution in [0.4, 0.5) is 0 Å². The summed E-state index contributed by atoms with van der Waals surface area (Å²) in [5.74, 6) is 0.175. The van der Waals surface area contributed by atoms with Crippen LogP contribution in [0.15, 0.2) is 0 Å². The second-order valence-electron chi connectivity index (χ2n) is 8.00. The molecule has 0 unspecified atom stereocenters. The third-order valence-corrected chi connectivity index (χ3v) is 5.34. The van der Waals surface area contributed by atoms with Crippen LogP contribution in [0, 0.1) is 0 Å². The summed E-state index contributed by atoms with van der Waals surface area (Å²) in [4.78, 5) is 25.8. The van der Waals surface area contributed by atoms with Crippen molar-refractivity contribution in [1.29, 1.82) is 0 Å². The fraction of sp³-hybridized carbons (Fsp3) is 0.913. The number of unbranched alkanes of at least 4 members (excludes halogenated alkanes) is 9. The van der Waals surface area contributed by atoms with Crippen molar-refractivity contribution in [3.8, 4) is 0 Å². The minimum Gasteiger partial charge on any atom is -0.359 e. The van der Waals surface area contributed by atoms with Crippen molar-refractivity contribution in [3.05, 3.63) is 0 Å². The molecular formula is C23H48N4O2. The molecule has 0 spiro atoms. The number of carbonyl (C=O) groups is 2. The van der Waals surface area contributed by atoms with Crippen LogP contribution in [0.5, 0.6) is 0 Å². The Bertz CT molecular complexity index is 391. The first-order valence-electron chi connectivity index (χ1n) is 12.0. The van der Waals surface area contributed by atoms with E-state index in [1.165, 1.54) is 57.8 Å². The van der Waals surface area contributed by atoms with E-state index in [1.54, 1.807) is 7.05 Å². The van der Waals surface area contributed by atoms with E-state index in [9.17, 15) is 9.59 Å². The fourth-order valence-corrected chi connectivity index (χ4v) is 3.39. The molecule has 172 valence electrons. The summed E-state index contributed by atoms with van der Waals surface area (Å²) in [6.07, 6.45) is 15.1. The van der Waals surface area contributed by atoms with Crippen LogP contribution >= 0.6 is 0 Å². The van der Waals surface area contributed by atoms with Gasteiger partial charge in [0.2, 0.25) is 11.8 Å². The standard InChI is InChI=1S/C23H48N4O2/c1-4-5-6-7-8-9-10-11-12-13-18-26-23(29)16-21-27(19-14-17-24-2)20-15-22(28)25-3/h24H,4-21H2,1-3H3,(H,25,28)(H,26,29). The molecule has 0 aromatic carbocycles. The quantitative estimate of drug-likeness (QED) is 0.252. The van der Waals surface area contributed by atoms with E-state index < -0.39 is 0 Å². The maximum absolute atomic E-state index is 12.1. The van der Waals surface area contributed by atoms with Crippen LogP contribution in [0.2, 0.25) is 0 Å². The van der Waals surface area contributed by atoms with Gasteiger partial charge in [0, 0.05) is 39.5 Å². The molecular weight excluding hydrogens is 364 g/mol. The predicted molar refractivity (Wildman–Crippen MR) is 123 cm³/mol. The van der Waals surface area contributed by atoms with E-state index in [0.29, 0.717) is 25.9 Å². The Labute approximate surface area is 180 Å². The van der Waals surface area contributed by atoms with E-state index in [4.69, 9.17) is 0 Å². The molecule has 0 rings (SSSR count). The fourth-order valence-electron chi connectivity index (χ4n) is 3.39. The molecule has 0 heterocycles. The molecule has 0 fully saturated rings. The largest absolute Gasteiger partial charge is 0.359 e. The Morgan fingerprint density at radius 2 is 1.21 bits per heavy atom. The second kappa shape index (κ2) is 21.6. The monoisotopic (exact) mass is 412 g/mol. The first kappa shape index (κ1) is 27.9. The van der Waals surface area contributed by atoms with E-state index in [-0.39, 0.29) is 11.8 Å². The number of hydrogen-bond acceptors (Lipinski definition) is 4. The molecule has 0 saturated heterocycles. The number of nitrogens with one attached hydrogen (secondary N) is 3. The average molecular weight is 413 g/mol. The van der Waals surface area contributed by atoms with E-state index in [0.717, 1.165) is 32.5 Å². The minimum absolute atomic E-state index is 0.0500. The second-order valence-corrected chi connectivity index (χ2v) is 8.00. The number of rotatable bonds is 21. The van der Waals surface area contributed by atoms with Crippen molar-refractivity contribution in [1.82, 2.24) is 20.9 Å². The van der Waals surface area contributed by atoms with Gasteiger partial charge in [-0.3, -0.25) is 9.59 Å². The van der Waals surface area contributed by atoms with Gasteiger partial charge in [0.05, 0.1) is 0 Å². The molecule has 0 saturated carbocycles. The van der Waals surface area contributed by atoms with Crippen LogP contribution in [0.3, 0.4) is 0 Å².